The molecule has 1 aliphatic heterocycles. The number of aryl methyl sites for hydroxylation is 1. The summed E-state index contributed by atoms with van der Waals surface area (Å²) in [5.74, 6) is 1.05. The fourth-order valence-electron chi connectivity index (χ4n) is 3.53. The van der Waals surface area contributed by atoms with Crippen molar-refractivity contribution >= 4 is 11.9 Å². The number of nitrogens with zero attached hydrogens (tertiary/aromatic N) is 3. The second-order valence-electron chi connectivity index (χ2n) is 6.63. The van der Waals surface area contributed by atoms with Gasteiger partial charge in [0.1, 0.15) is 0 Å². The normalized spacial score (nSPS) is 23.3. The monoisotopic (exact) mass is 302 g/mol. The average molecular weight is 302 g/mol. The van der Waals surface area contributed by atoms with E-state index in [0.717, 1.165) is 50.4 Å². The summed E-state index contributed by atoms with van der Waals surface area (Å²) in [6.45, 7) is 3.65. The van der Waals surface area contributed by atoms with E-state index in [9.17, 15) is 4.79 Å². The molecule has 0 unspecified atom stereocenters. The highest BCUT2D eigenvalue weighted by atomic mass is 16.2. The fraction of sp³-hybridized carbons (Fsp3) is 0.706. The Kier molecular flexibility index (Phi) is 4.90. The molecule has 22 heavy (non-hydrogen) atoms. The van der Waals surface area contributed by atoms with Crippen molar-refractivity contribution in [3.63, 3.8) is 0 Å². The van der Waals surface area contributed by atoms with Gasteiger partial charge in [0.05, 0.1) is 5.92 Å². The molecule has 3 rings (SSSR count). The topological polar surface area (TPSA) is 58.1 Å². The maximum atomic E-state index is 12.5. The molecule has 5 nitrogen and oxygen atoms in total. The summed E-state index contributed by atoms with van der Waals surface area (Å²) in [6, 6.07) is 2.30. The maximum Gasteiger partial charge on any atom is 0.225 e. The van der Waals surface area contributed by atoms with Crippen LogP contribution in [0, 0.1) is 12.8 Å². The van der Waals surface area contributed by atoms with Crippen LogP contribution in [0.25, 0.3) is 0 Å². The Morgan fingerprint density at radius 1 is 1.23 bits per heavy atom. The van der Waals surface area contributed by atoms with Gasteiger partial charge < -0.3 is 10.2 Å². The predicted octanol–water partition coefficient (Wildman–Crippen LogP) is 2.45. The van der Waals surface area contributed by atoms with Crippen LogP contribution in [0.5, 0.6) is 0 Å². The van der Waals surface area contributed by atoms with Gasteiger partial charge in [-0.3, -0.25) is 4.79 Å². The van der Waals surface area contributed by atoms with Crippen LogP contribution in [0.15, 0.2) is 12.3 Å². The van der Waals surface area contributed by atoms with E-state index >= 15 is 0 Å². The molecule has 1 N–H and O–H groups in total. The molecule has 1 aromatic heterocycles. The molecule has 0 bridgehead atoms. The van der Waals surface area contributed by atoms with Gasteiger partial charge in [-0.2, -0.15) is 0 Å². The van der Waals surface area contributed by atoms with E-state index in [4.69, 9.17) is 0 Å². The third-order valence-corrected chi connectivity index (χ3v) is 4.81. The van der Waals surface area contributed by atoms with Gasteiger partial charge in [0.2, 0.25) is 11.9 Å². The minimum Gasteiger partial charge on any atom is -0.353 e. The first kappa shape index (κ1) is 15.3. The number of anilines is 1. The van der Waals surface area contributed by atoms with Gasteiger partial charge in [0, 0.05) is 31.0 Å². The number of hydrogen-bond donors (Lipinski definition) is 1. The molecule has 1 amide bonds. The van der Waals surface area contributed by atoms with Crippen molar-refractivity contribution in [1.29, 1.82) is 0 Å². The Morgan fingerprint density at radius 3 is 2.82 bits per heavy atom. The highest BCUT2D eigenvalue weighted by molar-refractivity contribution is 5.79. The maximum absolute atomic E-state index is 12.5. The number of carbonyl (C=O) groups is 1. The smallest absolute Gasteiger partial charge is 0.225 e. The summed E-state index contributed by atoms with van der Waals surface area (Å²) in [5.41, 5.74) is 0.971. The summed E-state index contributed by atoms with van der Waals surface area (Å²) in [5, 5.41) is 3.27. The lowest BCUT2D eigenvalue weighted by molar-refractivity contribution is -0.126. The first-order valence-corrected chi connectivity index (χ1v) is 8.57. The van der Waals surface area contributed by atoms with Gasteiger partial charge in [-0.05, 0) is 38.7 Å². The number of hydrogen-bond acceptors (Lipinski definition) is 4. The zero-order valence-corrected chi connectivity index (χ0v) is 13.4. The number of rotatable bonds is 3. The lowest BCUT2D eigenvalue weighted by atomic mass is 9.93. The van der Waals surface area contributed by atoms with Crippen molar-refractivity contribution in [2.75, 3.05) is 18.0 Å². The molecule has 120 valence electrons. The highest BCUT2D eigenvalue weighted by Crippen LogP contribution is 2.22. The summed E-state index contributed by atoms with van der Waals surface area (Å²) < 4.78 is 0. The zero-order chi connectivity index (χ0) is 15.4. The molecule has 1 aliphatic carbocycles. The average Bonchev–Trinajstić information content (AvgIpc) is 2.56. The van der Waals surface area contributed by atoms with Crippen molar-refractivity contribution in [1.82, 2.24) is 15.3 Å². The van der Waals surface area contributed by atoms with Crippen LogP contribution in [0.1, 0.15) is 50.6 Å². The van der Waals surface area contributed by atoms with E-state index < -0.39 is 0 Å². The molecular formula is C17H26N4O. The number of amides is 1. The number of nitrogens with one attached hydrogen (secondary N) is 1. The number of piperidine rings is 1. The van der Waals surface area contributed by atoms with E-state index in [2.05, 4.69) is 20.2 Å². The van der Waals surface area contributed by atoms with Gasteiger partial charge in [0.15, 0.2) is 0 Å². The van der Waals surface area contributed by atoms with Crippen LogP contribution >= 0.6 is 0 Å². The van der Waals surface area contributed by atoms with E-state index in [-0.39, 0.29) is 11.8 Å². The number of carbonyl (C=O) groups excluding carboxylic acids is 1. The molecule has 5 heteroatoms. The summed E-state index contributed by atoms with van der Waals surface area (Å²) in [7, 11) is 0. The third-order valence-electron chi connectivity index (χ3n) is 4.81. The fourth-order valence-corrected chi connectivity index (χ4v) is 3.53. The molecule has 1 aromatic rings. The standard InChI is InChI=1S/C17H26N4O/c1-13-9-10-18-17(19-13)21-11-5-6-14(12-21)16(22)20-15-7-3-2-4-8-15/h9-10,14-15H,2-8,11-12H2,1H3,(H,20,22)/t14-/m0/s1. The van der Waals surface area contributed by atoms with Crippen molar-refractivity contribution in [3.8, 4) is 0 Å². The molecule has 1 saturated carbocycles. The van der Waals surface area contributed by atoms with E-state index in [1.54, 1.807) is 6.20 Å². The first-order chi connectivity index (χ1) is 10.7. The minimum absolute atomic E-state index is 0.0692. The SMILES string of the molecule is Cc1ccnc(N2CCC[C@H](C(=O)NC3CCCCC3)C2)n1. The Bertz CT molecular complexity index is 513. The molecule has 0 radical (unpaired) electrons. The molecule has 2 fully saturated rings. The second kappa shape index (κ2) is 7.07. The quantitative estimate of drug-likeness (QED) is 0.932. The lowest BCUT2D eigenvalue weighted by Crippen LogP contribution is -2.46. The summed E-state index contributed by atoms with van der Waals surface area (Å²) in [6.07, 6.45) is 9.89. The van der Waals surface area contributed by atoms with Crippen LogP contribution in [-0.2, 0) is 4.79 Å². The molecular weight excluding hydrogens is 276 g/mol. The zero-order valence-electron chi connectivity index (χ0n) is 13.4. The number of aromatic nitrogens is 2. The Labute approximate surface area is 132 Å². The van der Waals surface area contributed by atoms with Crippen LogP contribution in [-0.4, -0.2) is 35.0 Å². The summed E-state index contributed by atoms with van der Waals surface area (Å²) >= 11 is 0. The van der Waals surface area contributed by atoms with Crippen molar-refractivity contribution in [3.05, 3.63) is 18.0 Å². The largest absolute Gasteiger partial charge is 0.353 e. The van der Waals surface area contributed by atoms with Gasteiger partial charge in [-0.25, -0.2) is 9.97 Å². The lowest BCUT2D eigenvalue weighted by Gasteiger charge is -2.33. The van der Waals surface area contributed by atoms with Crippen molar-refractivity contribution < 1.29 is 4.79 Å². The molecule has 1 saturated heterocycles. The van der Waals surface area contributed by atoms with Gasteiger partial charge in [-0.1, -0.05) is 19.3 Å². The Morgan fingerprint density at radius 2 is 2.05 bits per heavy atom. The molecule has 1 atom stereocenters. The Balaban J connectivity index is 1.58. The van der Waals surface area contributed by atoms with Crippen molar-refractivity contribution in [2.24, 2.45) is 5.92 Å². The van der Waals surface area contributed by atoms with Gasteiger partial charge >= 0.3 is 0 Å². The molecule has 2 heterocycles. The van der Waals surface area contributed by atoms with Crippen LogP contribution in [0.4, 0.5) is 5.95 Å². The highest BCUT2D eigenvalue weighted by Gasteiger charge is 2.28. The van der Waals surface area contributed by atoms with Crippen LogP contribution in [0.3, 0.4) is 0 Å². The van der Waals surface area contributed by atoms with Crippen molar-refractivity contribution in [2.45, 2.75) is 57.9 Å². The third kappa shape index (κ3) is 3.76. The van der Waals surface area contributed by atoms with E-state index in [1.165, 1.54) is 19.3 Å². The van der Waals surface area contributed by atoms with Crippen LogP contribution < -0.4 is 10.2 Å². The second-order valence-corrected chi connectivity index (χ2v) is 6.63. The van der Waals surface area contributed by atoms with Gasteiger partial charge in [-0.15, -0.1) is 0 Å². The van der Waals surface area contributed by atoms with Gasteiger partial charge in [0.25, 0.3) is 0 Å². The molecule has 0 aromatic carbocycles. The van der Waals surface area contributed by atoms with Crippen LogP contribution in [0.2, 0.25) is 0 Å². The molecule has 0 spiro atoms. The first-order valence-electron chi connectivity index (χ1n) is 8.57. The van der Waals surface area contributed by atoms with E-state index in [0.29, 0.717) is 6.04 Å². The van der Waals surface area contributed by atoms with E-state index in [1.807, 2.05) is 13.0 Å². The molecule has 2 aliphatic rings. The Hall–Kier alpha value is -1.65. The minimum atomic E-state index is 0.0692. The predicted molar refractivity (Wildman–Crippen MR) is 86.7 cm³/mol. The summed E-state index contributed by atoms with van der Waals surface area (Å²) in [4.78, 5) is 23.5.